The first-order valence-corrected chi connectivity index (χ1v) is 7.80. The highest BCUT2D eigenvalue weighted by Crippen LogP contribution is 2.30. The third kappa shape index (κ3) is 2.43. The molecule has 1 aromatic heterocycles. The maximum absolute atomic E-state index is 13.8. The number of para-hydroxylation sites is 1. The molecule has 1 N–H and O–H groups in total. The van der Waals surface area contributed by atoms with Crippen LogP contribution in [0.25, 0.3) is 11.3 Å². The van der Waals surface area contributed by atoms with Crippen LogP contribution in [0.1, 0.15) is 5.56 Å². The number of amides is 1. The van der Waals surface area contributed by atoms with Crippen LogP contribution in [-0.4, -0.2) is 16.6 Å². The standard InChI is InChI=1S/C17H10FN3OS/c18-12-7-3-1-5-10(12)14-9-23-17(20-14)21-15-11-6-2-4-8-13(11)19-16(15)22/h1-9H,(H,19,20,21,22). The average Bonchev–Trinajstić information content (AvgIpc) is 3.14. The lowest BCUT2D eigenvalue weighted by atomic mass is 10.1. The summed E-state index contributed by atoms with van der Waals surface area (Å²) in [6.45, 7) is 0. The normalized spacial score (nSPS) is 14.8. The third-order valence-corrected chi connectivity index (χ3v) is 4.23. The minimum absolute atomic E-state index is 0.256. The molecule has 0 spiro atoms. The van der Waals surface area contributed by atoms with Crippen molar-refractivity contribution < 1.29 is 9.18 Å². The molecule has 4 rings (SSSR count). The van der Waals surface area contributed by atoms with Crippen LogP contribution in [0.2, 0.25) is 0 Å². The monoisotopic (exact) mass is 323 g/mol. The van der Waals surface area contributed by atoms with Gasteiger partial charge in [0, 0.05) is 16.5 Å². The number of aliphatic imine (C=N–C) groups is 1. The average molecular weight is 323 g/mol. The Morgan fingerprint density at radius 3 is 2.61 bits per heavy atom. The van der Waals surface area contributed by atoms with Gasteiger partial charge in [-0.1, -0.05) is 30.3 Å². The van der Waals surface area contributed by atoms with Crippen LogP contribution in [0.3, 0.4) is 0 Å². The molecule has 0 radical (unpaired) electrons. The molecule has 2 heterocycles. The van der Waals surface area contributed by atoms with Crippen LogP contribution in [0.15, 0.2) is 58.9 Å². The molecule has 0 aliphatic carbocycles. The summed E-state index contributed by atoms with van der Waals surface area (Å²) in [6, 6.07) is 13.8. The van der Waals surface area contributed by atoms with Crippen molar-refractivity contribution in [3.63, 3.8) is 0 Å². The first-order chi connectivity index (χ1) is 11.2. The number of rotatable bonds is 2. The first-order valence-electron chi connectivity index (χ1n) is 6.92. The number of carbonyl (C=O) groups is 1. The number of halogens is 1. The SMILES string of the molecule is O=C1Nc2ccccc2C1=Nc1nc(-c2ccccc2F)cs1. The summed E-state index contributed by atoms with van der Waals surface area (Å²) in [6.07, 6.45) is 0. The number of nitrogens with zero attached hydrogens (tertiary/aromatic N) is 2. The van der Waals surface area contributed by atoms with E-state index in [9.17, 15) is 9.18 Å². The predicted molar refractivity (Wildman–Crippen MR) is 88.8 cm³/mol. The summed E-state index contributed by atoms with van der Waals surface area (Å²) in [5.41, 5.74) is 2.75. The topological polar surface area (TPSA) is 54.4 Å². The molecule has 1 amide bonds. The Morgan fingerprint density at radius 2 is 1.78 bits per heavy atom. The fourth-order valence-corrected chi connectivity index (χ4v) is 3.11. The minimum atomic E-state index is -0.332. The number of aromatic nitrogens is 1. The highest BCUT2D eigenvalue weighted by atomic mass is 32.1. The lowest BCUT2D eigenvalue weighted by Gasteiger charge is -1.97. The van der Waals surface area contributed by atoms with Gasteiger partial charge in [-0.2, -0.15) is 0 Å². The van der Waals surface area contributed by atoms with Crippen molar-refractivity contribution in [2.45, 2.75) is 0 Å². The summed E-state index contributed by atoms with van der Waals surface area (Å²) >= 11 is 1.27. The maximum atomic E-state index is 13.8. The Bertz CT molecular complexity index is 948. The van der Waals surface area contributed by atoms with Crippen molar-refractivity contribution in [1.82, 2.24) is 4.98 Å². The number of hydrogen-bond donors (Lipinski definition) is 1. The number of anilines is 1. The smallest absolute Gasteiger partial charge is 0.275 e. The number of thiazole rings is 1. The lowest BCUT2D eigenvalue weighted by Crippen LogP contribution is -2.13. The summed E-state index contributed by atoms with van der Waals surface area (Å²) in [4.78, 5) is 20.7. The Labute approximate surface area is 135 Å². The maximum Gasteiger partial charge on any atom is 0.275 e. The molecular formula is C17H10FN3OS. The summed E-state index contributed by atoms with van der Waals surface area (Å²) < 4.78 is 13.8. The number of fused-ring (bicyclic) bond motifs is 1. The number of nitrogens with one attached hydrogen (secondary N) is 1. The molecule has 0 saturated heterocycles. The highest BCUT2D eigenvalue weighted by Gasteiger charge is 2.25. The number of hydrogen-bond acceptors (Lipinski definition) is 4. The molecule has 0 saturated carbocycles. The van der Waals surface area contributed by atoms with Crippen LogP contribution < -0.4 is 5.32 Å². The van der Waals surface area contributed by atoms with Gasteiger partial charge in [-0.15, -0.1) is 11.3 Å². The summed E-state index contributed by atoms with van der Waals surface area (Å²) in [5, 5.41) is 4.92. The van der Waals surface area contributed by atoms with Crippen LogP contribution in [-0.2, 0) is 4.79 Å². The van der Waals surface area contributed by atoms with E-state index in [1.54, 1.807) is 23.6 Å². The van der Waals surface area contributed by atoms with Crippen molar-refractivity contribution in [3.8, 4) is 11.3 Å². The van der Waals surface area contributed by atoms with Gasteiger partial charge in [0.25, 0.3) is 5.91 Å². The van der Waals surface area contributed by atoms with E-state index in [0.717, 1.165) is 11.3 Å². The van der Waals surface area contributed by atoms with E-state index in [1.165, 1.54) is 17.4 Å². The minimum Gasteiger partial charge on any atom is -0.320 e. The third-order valence-electron chi connectivity index (χ3n) is 3.49. The van der Waals surface area contributed by atoms with E-state index in [4.69, 9.17) is 0 Å². The number of benzene rings is 2. The quantitative estimate of drug-likeness (QED) is 0.774. The molecule has 23 heavy (non-hydrogen) atoms. The first kappa shape index (κ1) is 13.8. The molecule has 0 bridgehead atoms. The van der Waals surface area contributed by atoms with Crippen molar-refractivity contribution in [2.75, 3.05) is 5.32 Å². The highest BCUT2D eigenvalue weighted by molar-refractivity contribution is 7.13. The van der Waals surface area contributed by atoms with Crippen molar-refractivity contribution in [1.29, 1.82) is 0 Å². The number of carbonyl (C=O) groups excluding carboxylic acids is 1. The Kier molecular flexibility index (Phi) is 3.24. The molecule has 6 heteroatoms. The predicted octanol–water partition coefficient (Wildman–Crippen LogP) is 4.02. The van der Waals surface area contributed by atoms with Gasteiger partial charge in [0.05, 0.1) is 11.4 Å². The molecule has 0 fully saturated rings. The molecular weight excluding hydrogens is 313 g/mol. The van der Waals surface area contributed by atoms with Gasteiger partial charge in [0.1, 0.15) is 11.5 Å². The van der Waals surface area contributed by atoms with Gasteiger partial charge in [0.2, 0.25) is 5.13 Å². The molecule has 4 nitrogen and oxygen atoms in total. The summed E-state index contributed by atoms with van der Waals surface area (Å²) in [7, 11) is 0. The van der Waals surface area contributed by atoms with Gasteiger partial charge >= 0.3 is 0 Å². The second-order valence-electron chi connectivity index (χ2n) is 4.96. The molecule has 1 aliphatic rings. The Balaban J connectivity index is 1.74. The largest absolute Gasteiger partial charge is 0.320 e. The zero-order valence-electron chi connectivity index (χ0n) is 11.8. The van der Waals surface area contributed by atoms with Gasteiger partial charge in [-0.05, 0) is 18.2 Å². The van der Waals surface area contributed by atoms with E-state index in [0.29, 0.717) is 22.1 Å². The van der Waals surface area contributed by atoms with Gasteiger partial charge in [-0.3, -0.25) is 4.79 Å². The van der Waals surface area contributed by atoms with Crippen LogP contribution in [0.4, 0.5) is 15.2 Å². The van der Waals surface area contributed by atoms with Crippen LogP contribution in [0.5, 0.6) is 0 Å². The van der Waals surface area contributed by atoms with Gasteiger partial charge in [-0.25, -0.2) is 14.4 Å². The Hall–Kier alpha value is -2.86. The fraction of sp³-hybridized carbons (Fsp3) is 0. The van der Waals surface area contributed by atoms with Crippen molar-refractivity contribution >= 4 is 33.8 Å². The van der Waals surface area contributed by atoms with Crippen LogP contribution >= 0.6 is 11.3 Å². The Morgan fingerprint density at radius 1 is 1.04 bits per heavy atom. The second-order valence-corrected chi connectivity index (χ2v) is 5.79. The van der Waals surface area contributed by atoms with Crippen LogP contribution in [0, 0.1) is 5.82 Å². The van der Waals surface area contributed by atoms with E-state index in [-0.39, 0.29) is 11.7 Å². The molecule has 112 valence electrons. The van der Waals surface area contributed by atoms with E-state index in [1.807, 2.05) is 24.3 Å². The second kappa shape index (κ2) is 5.40. The van der Waals surface area contributed by atoms with Crippen molar-refractivity contribution in [2.24, 2.45) is 4.99 Å². The van der Waals surface area contributed by atoms with E-state index < -0.39 is 0 Å². The fourth-order valence-electron chi connectivity index (χ4n) is 2.42. The van der Waals surface area contributed by atoms with Gasteiger partial charge in [0.15, 0.2) is 0 Å². The molecule has 1 aliphatic heterocycles. The van der Waals surface area contributed by atoms with Crippen molar-refractivity contribution in [3.05, 3.63) is 65.3 Å². The molecule has 0 atom stereocenters. The zero-order valence-corrected chi connectivity index (χ0v) is 12.6. The lowest BCUT2D eigenvalue weighted by molar-refractivity contribution is -0.110. The van der Waals surface area contributed by atoms with E-state index in [2.05, 4.69) is 15.3 Å². The summed E-state index contributed by atoms with van der Waals surface area (Å²) in [5.74, 6) is -0.588. The van der Waals surface area contributed by atoms with E-state index >= 15 is 0 Å². The molecule has 3 aromatic rings. The van der Waals surface area contributed by atoms with Gasteiger partial charge < -0.3 is 5.32 Å². The molecule has 0 unspecified atom stereocenters. The zero-order chi connectivity index (χ0) is 15.8. The molecule has 2 aromatic carbocycles.